The van der Waals surface area contributed by atoms with Crippen molar-refractivity contribution in [2.75, 3.05) is 0 Å². The van der Waals surface area contributed by atoms with Gasteiger partial charge in [0.2, 0.25) is 0 Å². The Morgan fingerprint density at radius 3 is 0.441 bits per heavy atom. The SMILES string of the molecule is CCc1cccc(P)c1.CCc1cccc(P)c1.CCc1cccc(P)c1.CCc1cccc(P)c1.CCc1cccc(P)c1.CCc1cccc(P)c1.Cl.Cl.Cl.Cl.[Co]. The molecule has 0 aliphatic rings. The first-order valence-corrected chi connectivity index (χ1v) is 22.5. The Morgan fingerprint density at radius 2 is 0.373 bits per heavy atom. The normalized spacial score (nSPS) is 8.75. The monoisotopic (exact) mass is 1030 g/mol. The van der Waals surface area contributed by atoms with E-state index < -0.39 is 0 Å². The van der Waals surface area contributed by atoms with Crippen LogP contribution in [-0.4, -0.2) is 0 Å². The van der Waals surface area contributed by atoms with Gasteiger partial charge in [-0.15, -0.1) is 105 Å². The van der Waals surface area contributed by atoms with E-state index in [1.807, 2.05) is 0 Å². The molecule has 6 aromatic carbocycles. The summed E-state index contributed by atoms with van der Waals surface area (Å²) >= 11 is 0. The van der Waals surface area contributed by atoms with Gasteiger partial charge in [0.15, 0.2) is 0 Å². The second-order valence-corrected chi connectivity index (χ2v) is 16.6. The van der Waals surface area contributed by atoms with Crippen molar-refractivity contribution in [3.05, 3.63) is 179 Å². The Kier molecular flexibility index (Phi) is 49.1. The molecule has 329 valence electrons. The van der Waals surface area contributed by atoms with E-state index in [0.29, 0.717) is 0 Å². The Morgan fingerprint density at radius 1 is 0.254 bits per heavy atom. The Balaban J connectivity index is -0.000000194. The van der Waals surface area contributed by atoms with Gasteiger partial charge in [0.1, 0.15) is 0 Å². The molecule has 0 saturated carbocycles. The maximum atomic E-state index is 2.69. The Labute approximate surface area is 409 Å². The van der Waals surface area contributed by atoms with Crippen LogP contribution in [0.1, 0.15) is 74.9 Å². The zero-order valence-corrected chi connectivity index (χ0v) is 46.8. The molecule has 0 nitrogen and oxygen atoms in total. The fourth-order valence-corrected chi connectivity index (χ4v) is 6.83. The molecule has 0 spiro atoms. The fourth-order valence-electron chi connectivity index (χ4n) is 4.88. The minimum atomic E-state index is 0. The van der Waals surface area contributed by atoms with Crippen LogP contribution >= 0.6 is 105 Å². The summed E-state index contributed by atoms with van der Waals surface area (Å²) in [5.74, 6) is 0. The van der Waals surface area contributed by atoms with Gasteiger partial charge in [0.05, 0.1) is 0 Å². The number of rotatable bonds is 6. The first-order valence-electron chi connectivity index (χ1n) is 19.0. The molecule has 6 rings (SSSR count). The van der Waals surface area contributed by atoms with Gasteiger partial charge >= 0.3 is 0 Å². The van der Waals surface area contributed by atoms with Gasteiger partial charge in [-0.25, -0.2) is 0 Å². The molecule has 11 heteroatoms. The van der Waals surface area contributed by atoms with Crippen LogP contribution in [0.5, 0.6) is 0 Å². The molecule has 0 aliphatic carbocycles. The van der Waals surface area contributed by atoms with Crippen LogP contribution in [0.2, 0.25) is 0 Å². The van der Waals surface area contributed by atoms with E-state index in [2.05, 4.69) is 243 Å². The largest absolute Gasteiger partial charge is 0.147 e. The second kappa shape index (κ2) is 42.8. The summed E-state index contributed by atoms with van der Waals surface area (Å²) in [6, 6.07) is 51.0. The van der Waals surface area contributed by atoms with Crippen molar-refractivity contribution in [1.29, 1.82) is 0 Å². The number of halogens is 4. The van der Waals surface area contributed by atoms with Crippen molar-refractivity contribution in [2.24, 2.45) is 0 Å². The van der Waals surface area contributed by atoms with E-state index in [0.717, 1.165) is 38.5 Å². The molecular weight excluding hydrogens is 963 g/mol. The van der Waals surface area contributed by atoms with Gasteiger partial charge in [0.25, 0.3) is 0 Å². The van der Waals surface area contributed by atoms with Gasteiger partial charge in [-0.3, -0.25) is 0 Å². The zero-order chi connectivity index (χ0) is 40.1. The average Bonchev–Trinajstić information content (AvgIpc) is 3.19. The van der Waals surface area contributed by atoms with Crippen molar-refractivity contribution in [2.45, 2.75) is 80.1 Å². The third kappa shape index (κ3) is 34.7. The number of aryl methyl sites for hydroxylation is 6. The summed E-state index contributed by atoms with van der Waals surface area (Å²) in [6.07, 6.45) is 6.76. The molecule has 0 heterocycles. The summed E-state index contributed by atoms with van der Waals surface area (Å²) < 4.78 is 0. The number of hydrogen-bond acceptors (Lipinski definition) is 0. The van der Waals surface area contributed by atoms with Gasteiger partial charge in [0, 0.05) is 16.8 Å². The van der Waals surface area contributed by atoms with Crippen molar-refractivity contribution in [1.82, 2.24) is 0 Å². The van der Waals surface area contributed by atoms with Crippen molar-refractivity contribution >= 4 is 137 Å². The van der Waals surface area contributed by atoms with Gasteiger partial charge in [-0.1, -0.05) is 187 Å². The van der Waals surface area contributed by atoms with Crippen molar-refractivity contribution in [3.8, 4) is 0 Å². The molecule has 6 atom stereocenters. The molecule has 0 fully saturated rings. The molecule has 0 bridgehead atoms. The maximum absolute atomic E-state index is 2.69. The van der Waals surface area contributed by atoms with Crippen LogP contribution in [0.4, 0.5) is 0 Å². The van der Waals surface area contributed by atoms with Gasteiger partial charge < -0.3 is 0 Å². The van der Waals surface area contributed by atoms with E-state index in [1.54, 1.807) is 0 Å². The number of hydrogen-bond donors (Lipinski definition) is 0. The van der Waals surface area contributed by atoms with E-state index in [9.17, 15) is 0 Å². The van der Waals surface area contributed by atoms with Crippen LogP contribution in [0.25, 0.3) is 0 Å². The fraction of sp³-hybridized carbons (Fsp3) is 0.250. The predicted octanol–water partition coefficient (Wildman–Crippen LogP) is 12.2. The van der Waals surface area contributed by atoms with Crippen molar-refractivity contribution in [3.63, 3.8) is 0 Å². The van der Waals surface area contributed by atoms with Crippen LogP contribution in [0.3, 0.4) is 0 Å². The minimum Gasteiger partial charge on any atom is -0.147 e. The average molecular weight is 1030 g/mol. The van der Waals surface area contributed by atoms with Crippen LogP contribution < -0.4 is 31.8 Å². The zero-order valence-electron chi connectivity index (χ0n) is 35.5. The quantitative estimate of drug-likeness (QED) is 0.146. The first-order chi connectivity index (χ1) is 26.0. The minimum absolute atomic E-state index is 0. The van der Waals surface area contributed by atoms with E-state index in [4.69, 9.17) is 0 Å². The van der Waals surface area contributed by atoms with E-state index in [1.165, 1.54) is 65.2 Å². The van der Waals surface area contributed by atoms with E-state index in [-0.39, 0.29) is 66.4 Å². The maximum Gasteiger partial charge on any atom is 0 e. The molecule has 59 heavy (non-hydrogen) atoms. The summed E-state index contributed by atoms with van der Waals surface area (Å²) in [7, 11) is 16.2. The third-order valence-corrected chi connectivity index (χ3v) is 10.3. The van der Waals surface area contributed by atoms with Crippen LogP contribution in [0, 0.1) is 0 Å². The molecule has 1 radical (unpaired) electrons. The summed E-state index contributed by atoms with van der Waals surface area (Å²) in [5.41, 5.74) is 8.43. The molecule has 0 aromatic heterocycles. The molecule has 0 N–H and O–H groups in total. The molecule has 0 amide bonds. The van der Waals surface area contributed by atoms with Gasteiger partial charge in [-0.05, 0) is 104 Å². The topological polar surface area (TPSA) is 0 Å². The molecule has 6 unspecified atom stereocenters. The van der Waals surface area contributed by atoms with E-state index >= 15 is 0 Å². The first kappa shape index (κ1) is 67.6. The summed E-state index contributed by atoms with van der Waals surface area (Å²) in [5, 5.41) is 7.64. The second-order valence-electron chi connectivity index (χ2n) is 12.6. The third-order valence-electron chi connectivity index (χ3n) is 8.16. The molecular formula is C48H70Cl4CoP6. The molecule has 6 aromatic rings. The molecule has 0 aliphatic heterocycles. The van der Waals surface area contributed by atoms with Crippen molar-refractivity contribution < 1.29 is 16.8 Å². The predicted molar refractivity (Wildman–Crippen MR) is 300 cm³/mol. The summed E-state index contributed by atoms with van der Waals surface area (Å²) in [6.45, 7) is 13.0. The Bertz CT molecular complexity index is 1540. The smallest absolute Gasteiger partial charge is 0 e. The van der Waals surface area contributed by atoms with Crippen LogP contribution in [0.15, 0.2) is 146 Å². The van der Waals surface area contributed by atoms with Crippen LogP contribution in [-0.2, 0) is 55.3 Å². The molecule has 0 saturated heterocycles. The summed E-state index contributed by atoms with van der Waals surface area (Å²) in [4.78, 5) is 0. The Hall–Kier alpha value is -0.434. The van der Waals surface area contributed by atoms with Gasteiger partial charge in [-0.2, -0.15) is 0 Å². The number of benzene rings is 6. The standard InChI is InChI=1S/6C8H11P.4ClH.Co/c6*1-2-7-4-3-5-8(9)6-7;;;;;/h6*3-6H,2,9H2,1H3;4*1H;.